The molecule has 16 N–H and O–H groups in total. The number of piperazine rings is 1. The first-order chi connectivity index (χ1) is 44.9. The van der Waals surface area contributed by atoms with Crippen molar-refractivity contribution in [2.24, 2.45) is 11.7 Å². The number of benzene rings is 3. The number of phenols is 1. The average molecular weight is 1350 g/mol. The highest BCUT2D eigenvalue weighted by Crippen LogP contribution is 2.36. The Bertz CT molecular complexity index is 3340. The van der Waals surface area contributed by atoms with Crippen molar-refractivity contribution < 1.29 is 98.0 Å². The van der Waals surface area contributed by atoms with E-state index in [0.29, 0.717) is 21.6 Å². The molecule has 9 rings (SSSR count). The van der Waals surface area contributed by atoms with Crippen LogP contribution in [-0.2, 0) is 42.9 Å². The van der Waals surface area contributed by atoms with Crippen molar-refractivity contribution in [3.05, 3.63) is 77.9 Å². The van der Waals surface area contributed by atoms with Crippen LogP contribution >= 0.6 is 23.7 Å². The summed E-state index contributed by atoms with van der Waals surface area (Å²) in [5.41, 5.74) is 7.63. The number of primary amides is 1. The fourth-order valence-electron chi connectivity index (χ4n) is 12.5. The number of carbonyl (C=O) groups excluding carboxylic acids is 8. The summed E-state index contributed by atoms with van der Waals surface area (Å²) in [4.78, 5) is 120. The number of phenolic OH excluding ortho intramolecular Hbond substituents is 1. The van der Waals surface area contributed by atoms with Crippen LogP contribution in [0.1, 0.15) is 87.2 Å². The molecule has 94 heavy (non-hydrogen) atoms. The maximum absolute atomic E-state index is 14.7. The molecule has 32 nitrogen and oxygen atoms in total. The van der Waals surface area contributed by atoms with Gasteiger partial charge in [-0.25, -0.2) is 5.26 Å². The minimum absolute atomic E-state index is 0.00254. The summed E-state index contributed by atoms with van der Waals surface area (Å²) >= 11 is 1.31. The SMILES string of the molecule is CC(O)C1NC(=O)C(NC(=O)c2ccc(-c3nnc(-c4ccc(N5CCN(C6CCCCC6)CC5)cc4)s3)cc2)CC(O)CNC(=O)C2C(O)C(C)CN2C(=O)C(C(O)CC(N)=O)NC(=O)C(C(O)C(O)c2ccc(O)c(OSOOO)c2)NC(=O)C2CC(O)CN2C1=O. The number of carbonyl (C=O) groups is 8. The highest BCUT2D eigenvalue weighted by Gasteiger charge is 2.50. The monoisotopic (exact) mass is 1350 g/mol. The van der Waals surface area contributed by atoms with Crippen molar-refractivity contribution in [1.29, 1.82) is 0 Å². The summed E-state index contributed by atoms with van der Waals surface area (Å²) in [5.74, 6) is -11.9. The summed E-state index contributed by atoms with van der Waals surface area (Å²) in [6, 6.07) is 5.62. The van der Waals surface area contributed by atoms with Crippen LogP contribution in [0.3, 0.4) is 0 Å². The molecule has 4 aromatic rings. The Balaban J connectivity index is 0.970. The number of aromatic hydroxyl groups is 1. The van der Waals surface area contributed by atoms with Crippen molar-refractivity contribution in [3.63, 3.8) is 0 Å². The lowest BCUT2D eigenvalue weighted by Crippen LogP contribution is -2.64. The molecule has 0 bridgehead atoms. The van der Waals surface area contributed by atoms with Gasteiger partial charge in [0.1, 0.15) is 58.5 Å². The quantitative estimate of drug-likeness (QED) is 0.0229. The third-order valence-electron chi connectivity index (χ3n) is 17.6. The molecule has 3 aromatic carbocycles. The number of aromatic nitrogens is 2. The Hall–Kier alpha value is -7.71. The van der Waals surface area contributed by atoms with Crippen molar-refractivity contribution in [2.75, 3.05) is 50.7 Å². The molecule has 1 saturated carbocycles. The van der Waals surface area contributed by atoms with Crippen LogP contribution in [0.25, 0.3) is 21.1 Å². The second-order valence-electron chi connectivity index (χ2n) is 24.2. The third-order valence-corrected chi connectivity index (χ3v) is 19.0. The Labute approximate surface area is 547 Å². The third kappa shape index (κ3) is 16.8. The van der Waals surface area contributed by atoms with Gasteiger partial charge in [0.25, 0.3) is 18.2 Å². The molecule has 14 unspecified atom stereocenters. The number of aliphatic hydroxyl groups excluding tert-OH is 7. The van der Waals surface area contributed by atoms with E-state index in [1.807, 2.05) is 12.1 Å². The number of nitrogens with one attached hydrogen (secondary N) is 5. The maximum atomic E-state index is 14.7. The predicted octanol–water partition coefficient (Wildman–Crippen LogP) is -2.29. The number of anilines is 1. The van der Waals surface area contributed by atoms with E-state index in [0.717, 1.165) is 72.4 Å². The van der Waals surface area contributed by atoms with Crippen molar-refractivity contribution in [2.45, 2.75) is 150 Å². The van der Waals surface area contributed by atoms with Gasteiger partial charge < -0.3 is 92.1 Å². The number of hydrogen-bond acceptors (Lipinski definition) is 26. The van der Waals surface area contributed by atoms with Crippen molar-refractivity contribution in [1.82, 2.24) is 51.5 Å². The Morgan fingerprint density at radius 1 is 0.755 bits per heavy atom. The van der Waals surface area contributed by atoms with E-state index in [1.165, 1.54) is 62.5 Å². The van der Waals surface area contributed by atoms with Crippen LogP contribution < -0.4 is 41.4 Å². The van der Waals surface area contributed by atoms with Crippen LogP contribution in [0.4, 0.5) is 5.69 Å². The standard InChI is InChI=1S/C60H78N12O20S2/c1-29-27-72-48(49(29)79)56(86)62-26-37(74)23-39(63-52(82)31-8-10-32(11-9-31)57-67-68-58(93-57)33-12-15-36(16-13-33)70-20-18-69(19-21-70)35-6-4-3-5-7-35)53(83)64-45(30(2)73)59(87)71-28-38(75)24-40(71)54(84)66-47(55(85)65-46(60(72)88)42(77)25-44(61)78)51(81)50(80)34-14-17-41(76)43(22-34)90-94-92-91-89/h8-17,22,29-30,35,37-40,42,45-51,73-77,79-81,89H,3-7,18-21,23-28H2,1-2H3,(H2,61,78)(H,62,86)(H,63,82)(H,64,83)(H,65,85)(H,66,84). The molecule has 5 heterocycles. The number of hydrogen-bond donors (Lipinski definition) is 15. The second-order valence-corrected chi connectivity index (χ2v) is 25.6. The highest BCUT2D eigenvalue weighted by atomic mass is 32.2. The van der Waals surface area contributed by atoms with Crippen LogP contribution in [-0.4, -0.2) is 243 Å². The van der Waals surface area contributed by atoms with E-state index < -0.39 is 183 Å². The average Bonchev–Trinajstić information content (AvgIpc) is 1.57. The first-order valence-electron chi connectivity index (χ1n) is 30.7. The van der Waals surface area contributed by atoms with Gasteiger partial charge in [0.2, 0.25) is 41.4 Å². The van der Waals surface area contributed by atoms with E-state index in [4.69, 9.17) is 15.2 Å². The van der Waals surface area contributed by atoms with Gasteiger partial charge >= 0.3 is 0 Å². The number of aliphatic hydroxyl groups is 7. The summed E-state index contributed by atoms with van der Waals surface area (Å²) in [7, 11) is 0. The van der Waals surface area contributed by atoms with Gasteiger partial charge in [-0.1, -0.05) is 65.1 Å². The van der Waals surface area contributed by atoms with Crippen LogP contribution in [0.5, 0.6) is 11.5 Å². The second kappa shape index (κ2) is 31.7. The fraction of sp³-hybridized carbons (Fsp3) is 0.533. The minimum Gasteiger partial charge on any atom is -0.504 e. The number of amides is 8. The van der Waals surface area contributed by atoms with Gasteiger partial charge in [-0.15, -0.1) is 10.2 Å². The molecule has 4 saturated heterocycles. The first-order valence-corrected chi connectivity index (χ1v) is 32.2. The molecule has 8 amide bonds. The molecule has 510 valence electrons. The molecule has 0 radical (unpaired) electrons. The van der Waals surface area contributed by atoms with Crippen molar-refractivity contribution >= 4 is 76.6 Å². The lowest BCUT2D eigenvalue weighted by Gasteiger charge is -2.41. The molecule has 34 heteroatoms. The van der Waals surface area contributed by atoms with Gasteiger partial charge in [0.15, 0.2) is 11.5 Å². The van der Waals surface area contributed by atoms with E-state index in [9.17, 15) is 79.2 Å². The summed E-state index contributed by atoms with van der Waals surface area (Å²) < 4.78 is 9.22. The van der Waals surface area contributed by atoms with E-state index in [-0.39, 0.29) is 23.5 Å². The summed E-state index contributed by atoms with van der Waals surface area (Å²) in [6.07, 6.45) is -9.65. The number of nitrogens with two attached hydrogens (primary N) is 1. The highest BCUT2D eigenvalue weighted by molar-refractivity contribution is 7.90. The van der Waals surface area contributed by atoms with Crippen LogP contribution in [0.15, 0.2) is 66.7 Å². The summed E-state index contributed by atoms with van der Waals surface area (Å²) in [5, 5.41) is 124. The fourth-order valence-corrected chi connectivity index (χ4v) is 13.6. The van der Waals surface area contributed by atoms with E-state index in [1.54, 1.807) is 12.1 Å². The number of rotatable bonds is 17. The maximum Gasteiger partial charge on any atom is 0.261 e. The van der Waals surface area contributed by atoms with Crippen molar-refractivity contribution in [3.8, 4) is 32.6 Å². The minimum atomic E-state index is -2.53. The largest absolute Gasteiger partial charge is 0.504 e. The predicted molar refractivity (Wildman–Crippen MR) is 333 cm³/mol. The lowest BCUT2D eigenvalue weighted by atomic mass is 9.94. The van der Waals surface area contributed by atoms with Crippen LogP contribution in [0.2, 0.25) is 0 Å². The topological polar surface area (TPSA) is 471 Å². The molecule has 4 aliphatic heterocycles. The summed E-state index contributed by atoms with van der Waals surface area (Å²) in [6.45, 7) is 4.66. The van der Waals surface area contributed by atoms with Gasteiger partial charge in [-0.05, 0) is 73.9 Å². The zero-order chi connectivity index (χ0) is 67.7. The Kier molecular flexibility index (Phi) is 23.8. The van der Waals surface area contributed by atoms with Gasteiger partial charge in [-0.2, -0.15) is 0 Å². The zero-order valence-corrected chi connectivity index (χ0v) is 52.8. The lowest BCUT2D eigenvalue weighted by molar-refractivity contribution is -0.433. The molecule has 0 spiro atoms. The Morgan fingerprint density at radius 2 is 1.38 bits per heavy atom. The number of fused-ring (bicyclic) bond motifs is 2. The molecule has 5 fully saturated rings. The number of nitrogens with zero attached hydrogens (tertiary/aromatic N) is 6. The molecule has 14 atom stereocenters. The zero-order valence-electron chi connectivity index (χ0n) is 51.2. The number of β-amino-alcohol motifs (C(OH)–C–C–N with tert-alkyl or cyclic N) is 1. The molecular formula is C60H78N12O20S2. The smallest absolute Gasteiger partial charge is 0.261 e. The molecule has 5 aliphatic rings. The van der Waals surface area contributed by atoms with Gasteiger partial charge in [0.05, 0.1) is 36.9 Å². The van der Waals surface area contributed by atoms with Gasteiger partial charge in [-0.3, -0.25) is 43.3 Å². The molecule has 1 aliphatic carbocycles. The normalized spacial score (nSPS) is 27.1. The Morgan fingerprint density at radius 3 is 2.02 bits per heavy atom. The molecular weight excluding hydrogens is 1270 g/mol. The van der Waals surface area contributed by atoms with E-state index in [2.05, 4.69) is 68.1 Å². The van der Waals surface area contributed by atoms with E-state index >= 15 is 0 Å². The molecule has 1 aromatic heterocycles. The first kappa shape index (κ1) is 70.6. The van der Waals surface area contributed by atoms with Crippen LogP contribution in [0, 0.1) is 5.92 Å². The van der Waals surface area contributed by atoms with Gasteiger partial charge in [0, 0.05) is 93.0 Å².